The van der Waals surface area contributed by atoms with Crippen LogP contribution < -0.4 is 15.5 Å². The summed E-state index contributed by atoms with van der Waals surface area (Å²) in [6.07, 6.45) is 9.90. The summed E-state index contributed by atoms with van der Waals surface area (Å²) < 4.78 is 6.14. The Bertz CT molecular complexity index is 961. The molecule has 2 aromatic carbocycles. The molecule has 0 bridgehead atoms. The first-order chi connectivity index (χ1) is 16.5. The Labute approximate surface area is 209 Å². The molecule has 0 saturated carbocycles. The monoisotopic (exact) mass is 529 g/mol. The lowest BCUT2D eigenvalue weighted by Crippen LogP contribution is -2.34. The minimum absolute atomic E-state index is 0.114. The largest absolute Gasteiger partial charge is 0.423 e. The number of carbonyl (C=O) groups is 3. The Morgan fingerprint density at radius 3 is 2.35 bits per heavy atom. The molecule has 0 unspecified atom stereocenters. The van der Waals surface area contributed by atoms with Gasteiger partial charge in [0, 0.05) is 10.9 Å². The van der Waals surface area contributed by atoms with E-state index < -0.39 is 11.9 Å². The number of unbranched alkanes of at least 4 members (excludes halogenated alkanes) is 6. The number of ether oxygens (including phenoxy) is 1. The van der Waals surface area contributed by atoms with Gasteiger partial charge in [0.15, 0.2) is 0 Å². The van der Waals surface area contributed by atoms with Crippen molar-refractivity contribution in [2.45, 2.75) is 58.3 Å². The molecule has 0 aliphatic rings. The fourth-order valence-corrected chi connectivity index (χ4v) is 3.53. The van der Waals surface area contributed by atoms with Crippen molar-refractivity contribution in [1.82, 2.24) is 10.7 Å². The first-order valence-corrected chi connectivity index (χ1v) is 12.4. The van der Waals surface area contributed by atoms with Crippen LogP contribution in [0.5, 0.6) is 5.75 Å². The first-order valence-electron chi connectivity index (χ1n) is 11.6. The van der Waals surface area contributed by atoms with Gasteiger partial charge in [-0.05, 0) is 54.4 Å². The molecule has 182 valence electrons. The normalized spacial score (nSPS) is 10.8. The number of amides is 2. The van der Waals surface area contributed by atoms with E-state index in [1.807, 2.05) is 6.07 Å². The number of nitrogens with zero attached hydrogens (tertiary/aromatic N) is 1. The van der Waals surface area contributed by atoms with Gasteiger partial charge in [-0.1, -0.05) is 67.4 Å². The van der Waals surface area contributed by atoms with Gasteiger partial charge in [0.05, 0.1) is 18.3 Å². The van der Waals surface area contributed by atoms with Gasteiger partial charge in [0.1, 0.15) is 5.75 Å². The average molecular weight is 530 g/mol. The van der Waals surface area contributed by atoms with E-state index in [1.165, 1.54) is 31.9 Å². The fraction of sp³-hybridized carbons (Fsp3) is 0.385. The molecule has 2 aromatic rings. The van der Waals surface area contributed by atoms with Crippen LogP contribution in [-0.4, -0.2) is 30.5 Å². The molecule has 0 spiro atoms. The van der Waals surface area contributed by atoms with Crippen LogP contribution in [0.2, 0.25) is 0 Å². The summed E-state index contributed by atoms with van der Waals surface area (Å²) in [5.74, 6) is -0.580. The van der Waals surface area contributed by atoms with Crippen molar-refractivity contribution in [2.24, 2.45) is 5.10 Å². The van der Waals surface area contributed by atoms with Crippen molar-refractivity contribution in [3.63, 3.8) is 0 Å². The second-order valence-corrected chi connectivity index (χ2v) is 8.83. The van der Waals surface area contributed by atoms with E-state index >= 15 is 0 Å². The fourth-order valence-electron chi connectivity index (χ4n) is 3.13. The molecule has 0 heterocycles. The summed E-state index contributed by atoms with van der Waals surface area (Å²) >= 11 is 3.32. The zero-order valence-electron chi connectivity index (χ0n) is 19.5. The molecule has 8 heteroatoms. The van der Waals surface area contributed by atoms with Crippen LogP contribution in [0.25, 0.3) is 0 Å². The molecule has 7 nitrogen and oxygen atoms in total. The van der Waals surface area contributed by atoms with Crippen molar-refractivity contribution < 1.29 is 19.1 Å². The van der Waals surface area contributed by atoms with Gasteiger partial charge >= 0.3 is 5.97 Å². The molecule has 2 amide bonds. The topological polar surface area (TPSA) is 96.9 Å². The Kier molecular flexibility index (Phi) is 12.6. The third kappa shape index (κ3) is 11.2. The van der Waals surface area contributed by atoms with Gasteiger partial charge < -0.3 is 10.1 Å². The number of hydrogen-bond acceptors (Lipinski definition) is 5. The smallest absolute Gasteiger partial charge is 0.343 e. The van der Waals surface area contributed by atoms with Crippen LogP contribution in [0, 0.1) is 0 Å². The van der Waals surface area contributed by atoms with Crippen LogP contribution in [0.15, 0.2) is 58.1 Å². The summed E-state index contributed by atoms with van der Waals surface area (Å²) in [6.45, 7) is 2.08. The predicted octanol–water partition coefficient (Wildman–Crippen LogP) is 5.38. The minimum atomic E-state index is -0.455. The maximum absolute atomic E-state index is 12.2. The minimum Gasteiger partial charge on any atom is -0.423 e. The zero-order valence-corrected chi connectivity index (χ0v) is 21.1. The van der Waals surface area contributed by atoms with Gasteiger partial charge in [-0.2, -0.15) is 5.10 Å². The van der Waals surface area contributed by atoms with E-state index in [1.54, 1.807) is 42.5 Å². The number of carbonyl (C=O) groups excluding carboxylic acids is 3. The van der Waals surface area contributed by atoms with E-state index in [0.29, 0.717) is 23.3 Å². The number of nitrogens with one attached hydrogen (secondary N) is 2. The molecule has 2 rings (SSSR count). The van der Waals surface area contributed by atoms with Gasteiger partial charge in [-0.15, -0.1) is 0 Å². The molecule has 0 aliphatic carbocycles. The molecular formula is C26H32BrN3O4. The molecule has 2 N–H and O–H groups in total. The van der Waals surface area contributed by atoms with Crippen LogP contribution in [0.3, 0.4) is 0 Å². The van der Waals surface area contributed by atoms with Crippen molar-refractivity contribution in [3.05, 3.63) is 64.1 Å². The maximum Gasteiger partial charge on any atom is 0.343 e. The molecular weight excluding hydrogens is 498 g/mol. The number of esters is 1. The van der Waals surface area contributed by atoms with Gasteiger partial charge in [0.2, 0.25) is 5.91 Å². The lowest BCUT2D eigenvalue weighted by Gasteiger charge is -2.05. The SMILES string of the molecule is CCCCCCCCCC(=O)NCC(=O)NN=Cc1ccc(OC(=O)c2cccc(Br)c2)cc1. The molecule has 0 saturated heterocycles. The van der Waals surface area contributed by atoms with Crippen LogP contribution in [0.4, 0.5) is 0 Å². The number of hydrogen-bond donors (Lipinski definition) is 2. The maximum atomic E-state index is 12.2. The second kappa shape index (κ2) is 15.8. The molecule has 0 aromatic heterocycles. The molecule has 34 heavy (non-hydrogen) atoms. The highest BCUT2D eigenvalue weighted by Gasteiger charge is 2.09. The molecule has 0 radical (unpaired) electrons. The summed E-state index contributed by atoms with van der Waals surface area (Å²) in [4.78, 5) is 35.9. The Morgan fingerprint density at radius 2 is 1.65 bits per heavy atom. The van der Waals surface area contributed by atoms with E-state index in [2.05, 4.69) is 38.7 Å². The van der Waals surface area contributed by atoms with Crippen molar-refractivity contribution in [1.29, 1.82) is 0 Å². The van der Waals surface area contributed by atoms with E-state index in [4.69, 9.17) is 4.74 Å². The van der Waals surface area contributed by atoms with E-state index in [0.717, 1.165) is 23.7 Å². The van der Waals surface area contributed by atoms with E-state index in [-0.39, 0.29) is 12.5 Å². The molecule has 0 aliphatic heterocycles. The van der Waals surface area contributed by atoms with Crippen molar-refractivity contribution in [3.8, 4) is 5.75 Å². The quantitative estimate of drug-likeness (QED) is 0.113. The summed E-state index contributed by atoms with van der Waals surface area (Å²) in [6, 6.07) is 13.7. The van der Waals surface area contributed by atoms with Crippen molar-refractivity contribution in [2.75, 3.05) is 6.54 Å². The lowest BCUT2D eigenvalue weighted by molar-refractivity contribution is -0.126. The summed E-state index contributed by atoms with van der Waals surface area (Å²) in [5, 5.41) is 6.50. The average Bonchev–Trinajstić information content (AvgIpc) is 2.83. The number of rotatable bonds is 14. The van der Waals surface area contributed by atoms with Crippen LogP contribution in [-0.2, 0) is 9.59 Å². The number of halogens is 1. The Morgan fingerprint density at radius 1 is 0.941 bits per heavy atom. The lowest BCUT2D eigenvalue weighted by atomic mass is 10.1. The van der Waals surface area contributed by atoms with Crippen LogP contribution in [0.1, 0.15) is 74.2 Å². The van der Waals surface area contributed by atoms with Crippen molar-refractivity contribution >= 4 is 39.9 Å². The van der Waals surface area contributed by atoms with Gasteiger partial charge in [-0.25, -0.2) is 10.2 Å². The predicted molar refractivity (Wildman–Crippen MR) is 137 cm³/mol. The molecule has 0 atom stereocenters. The first kappa shape index (κ1) is 27.2. The third-order valence-electron chi connectivity index (χ3n) is 5.01. The summed E-state index contributed by atoms with van der Waals surface area (Å²) in [5.41, 5.74) is 3.54. The number of benzene rings is 2. The highest BCUT2D eigenvalue weighted by molar-refractivity contribution is 9.10. The highest BCUT2D eigenvalue weighted by Crippen LogP contribution is 2.16. The zero-order chi connectivity index (χ0) is 24.6. The highest BCUT2D eigenvalue weighted by atomic mass is 79.9. The molecule has 0 fully saturated rings. The van der Waals surface area contributed by atoms with E-state index in [9.17, 15) is 14.4 Å². The third-order valence-corrected chi connectivity index (χ3v) is 5.50. The van der Waals surface area contributed by atoms with Gasteiger partial charge in [0.25, 0.3) is 5.91 Å². The Balaban J connectivity index is 1.63. The number of hydrazone groups is 1. The summed E-state index contributed by atoms with van der Waals surface area (Å²) in [7, 11) is 0. The Hall–Kier alpha value is -3.00. The van der Waals surface area contributed by atoms with Gasteiger partial charge in [-0.3, -0.25) is 9.59 Å². The standard InChI is InChI=1S/C26H32BrN3O4/c1-2-3-4-5-6-7-8-12-24(31)28-19-25(32)30-29-18-20-13-15-23(16-14-20)34-26(33)21-10-9-11-22(27)17-21/h9-11,13-18H,2-8,12,19H2,1H3,(H,28,31)(H,30,32). The second-order valence-electron chi connectivity index (χ2n) is 7.91. The van der Waals surface area contributed by atoms with Crippen LogP contribution >= 0.6 is 15.9 Å².